The normalized spacial score (nSPS) is 11.9. The molecule has 0 amide bonds. The zero-order valence-corrected chi connectivity index (χ0v) is 12.6. The van der Waals surface area contributed by atoms with E-state index in [-0.39, 0.29) is 5.75 Å². The Morgan fingerprint density at radius 1 is 1.35 bits per heavy atom. The molecule has 0 aliphatic carbocycles. The first-order valence-electron chi connectivity index (χ1n) is 6.67. The van der Waals surface area contributed by atoms with Crippen LogP contribution in [-0.2, 0) is 16.4 Å². The second-order valence-electron chi connectivity index (χ2n) is 4.69. The lowest BCUT2D eigenvalue weighted by atomic mass is 10.1. The van der Waals surface area contributed by atoms with Gasteiger partial charge in [0, 0.05) is 23.6 Å². The van der Waals surface area contributed by atoms with Crippen molar-refractivity contribution in [3.63, 3.8) is 0 Å². The lowest BCUT2D eigenvalue weighted by Gasteiger charge is -2.05. The Balaban J connectivity index is 2.07. The van der Waals surface area contributed by atoms with E-state index >= 15 is 0 Å². The van der Waals surface area contributed by atoms with Gasteiger partial charge in [0.25, 0.3) is 0 Å². The second kappa shape index (κ2) is 6.28. The first-order chi connectivity index (χ1) is 9.55. The van der Waals surface area contributed by atoms with E-state index in [9.17, 15) is 8.42 Å². The van der Waals surface area contributed by atoms with Crippen LogP contribution in [0.2, 0.25) is 0 Å². The van der Waals surface area contributed by atoms with Crippen LogP contribution in [0.5, 0.6) is 5.75 Å². The molecule has 2 N–H and O–H groups in total. The fourth-order valence-electron chi connectivity index (χ4n) is 2.17. The number of aromatic amines is 1. The quantitative estimate of drug-likeness (QED) is 0.821. The van der Waals surface area contributed by atoms with Crippen molar-refractivity contribution < 1.29 is 13.2 Å². The summed E-state index contributed by atoms with van der Waals surface area (Å²) in [5, 5.41) is 1.07. The number of benzene rings is 1. The molecular formula is C14H20N2O3S. The second-order valence-corrected chi connectivity index (χ2v) is 6.62. The molecule has 0 aliphatic rings. The predicted octanol–water partition coefficient (Wildman–Crippen LogP) is 2.05. The summed E-state index contributed by atoms with van der Waals surface area (Å²) in [6.07, 6.45) is 3.19. The van der Waals surface area contributed by atoms with Crippen LogP contribution in [0.4, 0.5) is 0 Å². The van der Waals surface area contributed by atoms with Gasteiger partial charge in [-0.25, -0.2) is 13.1 Å². The van der Waals surface area contributed by atoms with Gasteiger partial charge in [0.1, 0.15) is 5.75 Å². The average Bonchev–Trinajstić information content (AvgIpc) is 2.81. The van der Waals surface area contributed by atoms with E-state index in [4.69, 9.17) is 4.74 Å². The topological polar surface area (TPSA) is 71.2 Å². The molecule has 0 atom stereocenters. The molecule has 5 nitrogen and oxygen atoms in total. The Labute approximate surface area is 119 Å². The molecule has 0 fully saturated rings. The zero-order chi connectivity index (χ0) is 14.6. The van der Waals surface area contributed by atoms with Gasteiger partial charge in [-0.2, -0.15) is 0 Å². The van der Waals surface area contributed by atoms with Crippen molar-refractivity contribution in [1.29, 1.82) is 0 Å². The van der Waals surface area contributed by atoms with Gasteiger partial charge in [-0.15, -0.1) is 0 Å². The molecule has 20 heavy (non-hydrogen) atoms. The van der Waals surface area contributed by atoms with E-state index in [1.807, 2.05) is 31.3 Å². The first-order valence-corrected chi connectivity index (χ1v) is 8.32. The van der Waals surface area contributed by atoms with Crippen molar-refractivity contribution in [2.45, 2.75) is 19.8 Å². The number of rotatable bonds is 7. The van der Waals surface area contributed by atoms with Gasteiger partial charge in [-0.1, -0.05) is 6.92 Å². The summed E-state index contributed by atoms with van der Waals surface area (Å²) >= 11 is 0. The van der Waals surface area contributed by atoms with Gasteiger partial charge >= 0.3 is 0 Å². The molecule has 110 valence electrons. The maximum atomic E-state index is 11.6. The third-order valence-electron chi connectivity index (χ3n) is 3.16. The molecule has 0 spiro atoms. The average molecular weight is 296 g/mol. The summed E-state index contributed by atoms with van der Waals surface area (Å²) in [6, 6.07) is 5.81. The van der Waals surface area contributed by atoms with Crippen LogP contribution in [0.15, 0.2) is 24.4 Å². The van der Waals surface area contributed by atoms with Crippen molar-refractivity contribution >= 4 is 20.9 Å². The highest BCUT2D eigenvalue weighted by molar-refractivity contribution is 7.89. The first kappa shape index (κ1) is 14.9. The Bertz CT molecular complexity index is 677. The fraction of sp³-hybridized carbons (Fsp3) is 0.429. The minimum Gasteiger partial charge on any atom is -0.497 e. The van der Waals surface area contributed by atoms with Gasteiger partial charge in [0.2, 0.25) is 10.0 Å². The zero-order valence-electron chi connectivity index (χ0n) is 11.8. The minimum absolute atomic E-state index is 0.175. The molecular weight excluding hydrogens is 276 g/mol. The summed E-state index contributed by atoms with van der Waals surface area (Å²) in [5.74, 6) is 0.972. The monoisotopic (exact) mass is 296 g/mol. The van der Waals surface area contributed by atoms with Gasteiger partial charge in [0.05, 0.1) is 12.9 Å². The summed E-state index contributed by atoms with van der Waals surface area (Å²) in [4.78, 5) is 3.18. The van der Waals surface area contributed by atoms with Gasteiger partial charge < -0.3 is 9.72 Å². The lowest BCUT2D eigenvalue weighted by Crippen LogP contribution is -2.28. The summed E-state index contributed by atoms with van der Waals surface area (Å²) in [6.45, 7) is 2.26. The number of methoxy groups -OCH3 is 1. The van der Waals surface area contributed by atoms with Crippen LogP contribution >= 0.6 is 0 Å². The SMILES string of the molecule is CCCS(=O)(=O)NCCc1c[nH]c2ccc(OC)cc12. The van der Waals surface area contributed by atoms with Crippen molar-refractivity contribution in [3.8, 4) is 5.75 Å². The number of H-pyrrole nitrogens is 1. The minimum atomic E-state index is -3.14. The van der Waals surface area contributed by atoms with E-state index in [1.165, 1.54) is 0 Å². The summed E-state index contributed by atoms with van der Waals surface area (Å²) in [5.41, 5.74) is 2.11. The largest absolute Gasteiger partial charge is 0.497 e. The van der Waals surface area contributed by atoms with Crippen molar-refractivity contribution in [2.24, 2.45) is 0 Å². The summed E-state index contributed by atoms with van der Waals surface area (Å²) < 4.78 is 31.0. The van der Waals surface area contributed by atoms with Crippen LogP contribution in [0.1, 0.15) is 18.9 Å². The molecule has 2 rings (SSSR count). The number of sulfonamides is 1. The number of fused-ring (bicyclic) bond motifs is 1. The van der Waals surface area contributed by atoms with Crippen molar-refractivity contribution in [3.05, 3.63) is 30.0 Å². The highest BCUT2D eigenvalue weighted by atomic mass is 32.2. The molecule has 2 aromatic rings. The smallest absolute Gasteiger partial charge is 0.211 e. The maximum absolute atomic E-state index is 11.6. The van der Waals surface area contributed by atoms with Crippen molar-refractivity contribution in [2.75, 3.05) is 19.4 Å². The highest BCUT2D eigenvalue weighted by Gasteiger charge is 2.09. The molecule has 0 aliphatic heterocycles. The molecule has 0 radical (unpaired) electrons. The predicted molar refractivity (Wildman–Crippen MR) is 80.6 cm³/mol. The molecule has 0 saturated heterocycles. The Kier molecular flexibility index (Phi) is 4.67. The number of hydrogen-bond acceptors (Lipinski definition) is 3. The molecule has 0 saturated carbocycles. The molecule has 6 heteroatoms. The molecule has 0 unspecified atom stereocenters. The molecule has 0 bridgehead atoms. The number of ether oxygens (including phenoxy) is 1. The highest BCUT2D eigenvalue weighted by Crippen LogP contribution is 2.23. The number of hydrogen-bond donors (Lipinski definition) is 2. The van der Waals surface area contributed by atoms with Crippen LogP contribution in [0.25, 0.3) is 10.9 Å². The number of aromatic nitrogens is 1. The maximum Gasteiger partial charge on any atom is 0.211 e. The fourth-order valence-corrected chi connectivity index (χ4v) is 3.27. The third kappa shape index (κ3) is 3.52. The molecule has 1 aromatic carbocycles. The van der Waals surface area contributed by atoms with E-state index < -0.39 is 10.0 Å². The number of nitrogens with one attached hydrogen (secondary N) is 2. The molecule has 1 heterocycles. The third-order valence-corrected chi connectivity index (χ3v) is 4.75. The Morgan fingerprint density at radius 2 is 2.15 bits per heavy atom. The molecule has 1 aromatic heterocycles. The van der Waals surface area contributed by atoms with Crippen LogP contribution in [0, 0.1) is 0 Å². The van der Waals surface area contributed by atoms with Crippen molar-refractivity contribution in [1.82, 2.24) is 9.71 Å². The van der Waals surface area contributed by atoms with Crippen LogP contribution < -0.4 is 9.46 Å². The van der Waals surface area contributed by atoms with E-state index in [0.717, 1.165) is 22.2 Å². The Morgan fingerprint density at radius 3 is 2.85 bits per heavy atom. The van der Waals surface area contributed by atoms with Gasteiger partial charge in [-0.3, -0.25) is 0 Å². The van der Waals surface area contributed by atoms with Gasteiger partial charge in [-0.05, 0) is 36.6 Å². The standard InChI is InChI=1S/C14H20N2O3S/c1-3-8-20(17,18)16-7-6-11-10-15-14-5-4-12(19-2)9-13(11)14/h4-5,9-10,15-16H,3,6-8H2,1-2H3. The summed E-state index contributed by atoms with van der Waals surface area (Å²) in [7, 11) is -1.50. The lowest BCUT2D eigenvalue weighted by molar-refractivity contribution is 0.415. The van der Waals surface area contributed by atoms with E-state index in [2.05, 4.69) is 9.71 Å². The van der Waals surface area contributed by atoms with Crippen LogP contribution in [-0.4, -0.2) is 32.8 Å². The Hall–Kier alpha value is -1.53. The van der Waals surface area contributed by atoms with E-state index in [1.54, 1.807) is 7.11 Å². The van der Waals surface area contributed by atoms with E-state index in [0.29, 0.717) is 19.4 Å². The van der Waals surface area contributed by atoms with Crippen LogP contribution in [0.3, 0.4) is 0 Å². The van der Waals surface area contributed by atoms with Gasteiger partial charge in [0.15, 0.2) is 0 Å².